The maximum absolute atomic E-state index is 5.46. The third kappa shape index (κ3) is 3.72. The summed E-state index contributed by atoms with van der Waals surface area (Å²) in [6.45, 7) is 7.55. The minimum absolute atomic E-state index is 0.482. The molecule has 0 aromatic heterocycles. The van der Waals surface area contributed by atoms with E-state index in [4.69, 9.17) is 4.74 Å². The fraction of sp³-hybridized carbons (Fsp3) is 1.00. The van der Waals surface area contributed by atoms with Crippen molar-refractivity contribution in [1.82, 2.24) is 9.80 Å². The van der Waals surface area contributed by atoms with Gasteiger partial charge < -0.3 is 9.64 Å². The Morgan fingerprint density at radius 1 is 0.938 bits per heavy atom. The van der Waals surface area contributed by atoms with E-state index in [1.807, 2.05) is 7.11 Å². The standard InChI is InChI=1S/C13H26N2O/c1-16-13-6-5-9-15(12-13)11-10-14-7-3-2-4-8-14/h13H,2-12H2,1H3/t13-/m0/s1. The van der Waals surface area contributed by atoms with Crippen molar-refractivity contribution in [2.24, 2.45) is 0 Å². The molecule has 2 heterocycles. The highest BCUT2D eigenvalue weighted by Crippen LogP contribution is 2.13. The zero-order valence-corrected chi connectivity index (χ0v) is 10.7. The number of likely N-dealkylation sites (tertiary alicyclic amines) is 2. The molecular weight excluding hydrogens is 200 g/mol. The molecule has 2 fully saturated rings. The molecule has 2 aliphatic heterocycles. The maximum atomic E-state index is 5.46. The van der Waals surface area contributed by atoms with Gasteiger partial charge in [0.2, 0.25) is 0 Å². The summed E-state index contributed by atoms with van der Waals surface area (Å²) in [6, 6.07) is 0. The first kappa shape index (κ1) is 12.3. The molecule has 1 atom stereocenters. The summed E-state index contributed by atoms with van der Waals surface area (Å²) in [7, 11) is 1.85. The van der Waals surface area contributed by atoms with Gasteiger partial charge in [0.1, 0.15) is 0 Å². The summed E-state index contributed by atoms with van der Waals surface area (Å²) in [5, 5.41) is 0. The van der Waals surface area contributed by atoms with Gasteiger partial charge in [0.25, 0.3) is 0 Å². The molecule has 0 aromatic rings. The van der Waals surface area contributed by atoms with Crippen LogP contribution in [0.25, 0.3) is 0 Å². The Labute approximate surface area is 99.7 Å². The quantitative estimate of drug-likeness (QED) is 0.724. The molecular formula is C13H26N2O. The average molecular weight is 226 g/mol. The lowest BCUT2D eigenvalue weighted by atomic mass is 10.1. The van der Waals surface area contributed by atoms with Crippen LogP contribution in [0.5, 0.6) is 0 Å². The van der Waals surface area contributed by atoms with E-state index in [2.05, 4.69) is 9.80 Å². The molecule has 0 radical (unpaired) electrons. The van der Waals surface area contributed by atoms with Crippen molar-refractivity contribution in [3.63, 3.8) is 0 Å². The minimum Gasteiger partial charge on any atom is -0.380 e. The Hall–Kier alpha value is -0.120. The number of methoxy groups -OCH3 is 1. The molecule has 0 bridgehead atoms. The molecule has 2 saturated heterocycles. The first-order valence-electron chi connectivity index (χ1n) is 6.86. The molecule has 0 aliphatic carbocycles. The highest BCUT2D eigenvalue weighted by Gasteiger charge is 2.19. The second kappa shape index (κ2) is 6.58. The number of rotatable bonds is 4. The Morgan fingerprint density at radius 2 is 1.62 bits per heavy atom. The molecule has 0 unspecified atom stereocenters. The van der Waals surface area contributed by atoms with Crippen molar-refractivity contribution in [1.29, 1.82) is 0 Å². The normalized spacial score (nSPS) is 29.4. The Balaban J connectivity index is 1.64. The van der Waals surface area contributed by atoms with Crippen LogP contribution in [0.2, 0.25) is 0 Å². The van der Waals surface area contributed by atoms with Crippen molar-refractivity contribution in [3.05, 3.63) is 0 Å². The van der Waals surface area contributed by atoms with Crippen molar-refractivity contribution < 1.29 is 4.74 Å². The zero-order chi connectivity index (χ0) is 11.2. The number of nitrogens with zero attached hydrogens (tertiary/aromatic N) is 2. The first-order valence-corrected chi connectivity index (χ1v) is 6.86. The van der Waals surface area contributed by atoms with Gasteiger partial charge in [0.05, 0.1) is 6.10 Å². The summed E-state index contributed by atoms with van der Waals surface area (Å²) >= 11 is 0. The predicted molar refractivity (Wildman–Crippen MR) is 66.8 cm³/mol. The zero-order valence-electron chi connectivity index (χ0n) is 10.7. The van der Waals surface area contributed by atoms with Crippen LogP contribution in [0.4, 0.5) is 0 Å². The minimum atomic E-state index is 0.482. The van der Waals surface area contributed by atoms with Crippen LogP contribution in [0.3, 0.4) is 0 Å². The molecule has 0 saturated carbocycles. The SMILES string of the molecule is CO[C@H]1CCCN(CCN2CCCCC2)C1. The van der Waals surface area contributed by atoms with Gasteiger partial charge in [-0.2, -0.15) is 0 Å². The van der Waals surface area contributed by atoms with Crippen molar-refractivity contribution in [3.8, 4) is 0 Å². The smallest absolute Gasteiger partial charge is 0.0698 e. The van der Waals surface area contributed by atoms with E-state index < -0.39 is 0 Å². The molecule has 0 spiro atoms. The molecule has 2 aliphatic rings. The van der Waals surface area contributed by atoms with Crippen molar-refractivity contribution >= 4 is 0 Å². The fourth-order valence-corrected chi connectivity index (χ4v) is 2.87. The number of ether oxygens (including phenoxy) is 1. The van der Waals surface area contributed by atoms with Gasteiger partial charge in [-0.15, -0.1) is 0 Å². The summed E-state index contributed by atoms with van der Waals surface area (Å²) in [5.41, 5.74) is 0. The molecule has 2 rings (SSSR count). The van der Waals surface area contributed by atoms with E-state index in [-0.39, 0.29) is 0 Å². The summed E-state index contributed by atoms with van der Waals surface area (Å²) in [4.78, 5) is 5.20. The predicted octanol–water partition coefficient (Wildman–Crippen LogP) is 1.58. The van der Waals surface area contributed by atoms with Gasteiger partial charge in [-0.05, 0) is 45.3 Å². The van der Waals surface area contributed by atoms with E-state index in [1.165, 1.54) is 64.8 Å². The van der Waals surface area contributed by atoms with Crippen LogP contribution >= 0.6 is 0 Å². The maximum Gasteiger partial charge on any atom is 0.0698 e. The van der Waals surface area contributed by atoms with Gasteiger partial charge >= 0.3 is 0 Å². The lowest BCUT2D eigenvalue weighted by molar-refractivity contribution is 0.0273. The lowest BCUT2D eigenvalue weighted by Crippen LogP contribution is -2.44. The molecule has 0 aromatic carbocycles. The highest BCUT2D eigenvalue weighted by atomic mass is 16.5. The van der Waals surface area contributed by atoms with Crippen LogP contribution in [0.15, 0.2) is 0 Å². The second-order valence-corrected chi connectivity index (χ2v) is 5.20. The third-order valence-electron chi connectivity index (χ3n) is 3.98. The van der Waals surface area contributed by atoms with Gasteiger partial charge in [-0.3, -0.25) is 4.90 Å². The van der Waals surface area contributed by atoms with E-state index in [0.29, 0.717) is 6.10 Å². The monoisotopic (exact) mass is 226 g/mol. The van der Waals surface area contributed by atoms with E-state index >= 15 is 0 Å². The van der Waals surface area contributed by atoms with Gasteiger partial charge in [-0.25, -0.2) is 0 Å². The van der Waals surface area contributed by atoms with E-state index in [1.54, 1.807) is 0 Å². The summed E-state index contributed by atoms with van der Waals surface area (Å²) in [6.07, 6.45) is 7.28. The Kier molecular flexibility index (Phi) is 5.07. The molecule has 0 N–H and O–H groups in total. The largest absolute Gasteiger partial charge is 0.380 e. The summed E-state index contributed by atoms with van der Waals surface area (Å²) < 4.78 is 5.46. The Morgan fingerprint density at radius 3 is 2.38 bits per heavy atom. The molecule has 0 amide bonds. The second-order valence-electron chi connectivity index (χ2n) is 5.20. The van der Waals surface area contributed by atoms with Gasteiger partial charge in [0.15, 0.2) is 0 Å². The lowest BCUT2D eigenvalue weighted by Gasteiger charge is -2.34. The summed E-state index contributed by atoms with van der Waals surface area (Å²) in [5.74, 6) is 0. The van der Waals surface area contributed by atoms with Crippen LogP contribution in [-0.4, -0.2) is 62.3 Å². The topological polar surface area (TPSA) is 15.7 Å². The first-order chi connectivity index (χ1) is 7.88. The van der Waals surface area contributed by atoms with E-state index in [0.717, 1.165) is 6.54 Å². The van der Waals surface area contributed by atoms with Gasteiger partial charge in [0, 0.05) is 26.7 Å². The highest BCUT2D eigenvalue weighted by molar-refractivity contribution is 4.74. The third-order valence-corrected chi connectivity index (χ3v) is 3.98. The number of hydrogen-bond donors (Lipinski definition) is 0. The molecule has 3 heteroatoms. The van der Waals surface area contributed by atoms with E-state index in [9.17, 15) is 0 Å². The molecule has 94 valence electrons. The molecule has 3 nitrogen and oxygen atoms in total. The van der Waals surface area contributed by atoms with Crippen molar-refractivity contribution in [2.75, 3.05) is 46.4 Å². The van der Waals surface area contributed by atoms with Crippen LogP contribution in [0, 0.1) is 0 Å². The molecule has 16 heavy (non-hydrogen) atoms. The number of piperidine rings is 2. The average Bonchev–Trinajstić information content (AvgIpc) is 2.38. The van der Waals surface area contributed by atoms with Crippen LogP contribution < -0.4 is 0 Å². The van der Waals surface area contributed by atoms with Crippen molar-refractivity contribution in [2.45, 2.75) is 38.2 Å². The number of hydrogen-bond acceptors (Lipinski definition) is 3. The fourth-order valence-electron chi connectivity index (χ4n) is 2.87. The van der Waals surface area contributed by atoms with Crippen LogP contribution in [0.1, 0.15) is 32.1 Å². The van der Waals surface area contributed by atoms with Gasteiger partial charge in [-0.1, -0.05) is 6.42 Å². The Bertz CT molecular complexity index is 192. The van der Waals surface area contributed by atoms with Crippen LogP contribution in [-0.2, 0) is 4.74 Å².